The van der Waals surface area contributed by atoms with E-state index in [1.165, 1.54) is 35.6 Å². The topological polar surface area (TPSA) is 107 Å². The second-order valence-corrected chi connectivity index (χ2v) is 5.87. The molecule has 0 aromatic heterocycles. The van der Waals surface area contributed by atoms with Crippen molar-refractivity contribution >= 4 is 15.7 Å². The average molecular weight is 273 g/mol. The smallest absolute Gasteiger partial charge is 0.269 e. The minimum Gasteiger partial charge on any atom is -0.329 e. The van der Waals surface area contributed by atoms with E-state index in [4.69, 9.17) is 5.73 Å². The van der Waals surface area contributed by atoms with E-state index in [0.717, 1.165) is 0 Å². The van der Waals surface area contributed by atoms with Crippen LogP contribution >= 0.6 is 0 Å². The standard InChI is InChI=1S/C10H15N3O4S/c1-12(7-6-11)18(16,17)8-9-2-4-10(5-3-9)13(14)15/h2-5H,6-8,11H2,1H3. The molecule has 0 aliphatic heterocycles. The van der Waals surface area contributed by atoms with E-state index in [1.807, 2.05) is 0 Å². The molecule has 0 bridgehead atoms. The van der Waals surface area contributed by atoms with Crippen LogP contribution in [-0.4, -0.2) is 37.8 Å². The van der Waals surface area contributed by atoms with Crippen LogP contribution in [0.5, 0.6) is 0 Å². The fourth-order valence-electron chi connectivity index (χ4n) is 1.36. The maximum Gasteiger partial charge on any atom is 0.269 e. The van der Waals surface area contributed by atoms with Crippen LogP contribution in [0.3, 0.4) is 0 Å². The molecule has 7 nitrogen and oxygen atoms in total. The van der Waals surface area contributed by atoms with Crippen molar-refractivity contribution in [1.29, 1.82) is 0 Å². The van der Waals surface area contributed by atoms with Gasteiger partial charge in [-0.2, -0.15) is 0 Å². The predicted octanol–water partition coefficient (Wildman–Crippen LogP) is 0.315. The number of rotatable bonds is 6. The Labute approximate surface area is 105 Å². The maximum atomic E-state index is 11.8. The molecule has 1 aromatic rings. The van der Waals surface area contributed by atoms with Crippen molar-refractivity contribution < 1.29 is 13.3 Å². The third kappa shape index (κ3) is 3.76. The second kappa shape index (κ2) is 5.89. The SMILES string of the molecule is CN(CCN)S(=O)(=O)Cc1ccc([N+](=O)[O-])cc1. The first kappa shape index (κ1) is 14.6. The molecule has 0 saturated heterocycles. The van der Waals surface area contributed by atoms with Gasteiger partial charge in [-0.1, -0.05) is 12.1 Å². The monoisotopic (exact) mass is 273 g/mol. The van der Waals surface area contributed by atoms with Crippen LogP contribution in [0, 0.1) is 10.1 Å². The van der Waals surface area contributed by atoms with Gasteiger partial charge in [-0.05, 0) is 5.56 Å². The Bertz CT molecular complexity index is 512. The lowest BCUT2D eigenvalue weighted by molar-refractivity contribution is -0.384. The second-order valence-electron chi connectivity index (χ2n) is 3.79. The van der Waals surface area contributed by atoms with Gasteiger partial charge in [0.15, 0.2) is 0 Å². The van der Waals surface area contributed by atoms with Gasteiger partial charge < -0.3 is 5.73 Å². The summed E-state index contributed by atoms with van der Waals surface area (Å²) in [5.74, 6) is -0.193. The molecule has 1 rings (SSSR count). The van der Waals surface area contributed by atoms with E-state index in [2.05, 4.69) is 0 Å². The summed E-state index contributed by atoms with van der Waals surface area (Å²) in [6.45, 7) is 0.491. The largest absolute Gasteiger partial charge is 0.329 e. The molecule has 0 saturated carbocycles. The summed E-state index contributed by atoms with van der Waals surface area (Å²) < 4.78 is 24.9. The summed E-state index contributed by atoms with van der Waals surface area (Å²) in [6, 6.07) is 5.44. The summed E-state index contributed by atoms with van der Waals surface area (Å²) in [4.78, 5) is 9.93. The molecule has 0 atom stereocenters. The fraction of sp³-hybridized carbons (Fsp3) is 0.400. The summed E-state index contributed by atoms with van der Waals surface area (Å²) >= 11 is 0. The molecular weight excluding hydrogens is 258 g/mol. The first-order chi connectivity index (χ1) is 8.36. The van der Waals surface area contributed by atoms with E-state index in [1.54, 1.807) is 0 Å². The molecule has 2 N–H and O–H groups in total. The van der Waals surface area contributed by atoms with Crippen LogP contribution in [0.2, 0.25) is 0 Å². The van der Waals surface area contributed by atoms with E-state index in [0.29, 0.717) is 5.56 Å². The molecule has 0 fully saturated rings. The summed E-state index contributed by atoms with van der Waals surface area (Å²) in [5.41, 5.74) is 5.73. The lowest BCUT2D eigenvalue weighted by atomic mass is 10.2. The Hall–Kier alpha value is -1.51. The molecular formula is C10H15N3O4S. The van der Waals surface area contributed by atoms with Crippen LogP contribution < -0.4 is 5.73 Å². The minimum absolute atomic E-state index is 0.0635. The van der Waals surface area contributed by atoms with Gasteiger partial charge >= 0.3 is 0 Å². The van der Waals surface area contributed by atoms with Crippen molar-refractivity contribution in [2.45, 2.75) is 5.75 Å². The minimum atomic E-state index is -3.43. The van der Waals surface area contributed by atoms with Crippen LogP contribution in [-0.2, 0) is 15.8 Å². The van der Waals surface area contributed by atoms with Gasteiger partial charge in [0.1, 0.15) is 0 Å². The first-order valence-electron chi connectivity index (χ1n) is 5.24. The summed E-state index contributed by atoms with van der Waals surface area (Å²) in [7, 11) is -1.97. The van der Waals surface area contributed by atoms with Crippen LogP contribution in [0.15, 0.2) is 24.3 Å². The predicted molar refractivity (Wildman–Crippen MR) is 67.4 cm³/mol. The van der Waals surface area contributed by atoms with Gasteiger partial charge in [0.2, 0.25) is 10.0 Å². The van der Waals surface area contributed by atoms with Gasteiger partial charge in [0, 0.05) is 32.3 Å². The van der Waals surface area contributed by atoms with Gasteiger partial charge in [-0.15, -0.1) is 0 Å². The van der Waals surface area contributed by atoms with Crippen LogP contribution in [0.4, 0.5) is 5.69 Å². The highest BCUT2D eigenvalue weighted by molar-refractivity contribution is 7.88. The fourth-order valence-corrected chi connectivity index (χ4v) is 2.57. The lowest BCUT2D eigenvalue weighted by Gasteiger charge is -2.15. The number of likely N-dealkylation sites (N-methyl/N-ethyl adjacent to an activating group) is 1. The third-order valence-electron chi connectivity index (χ3n) is 2.42. The van der Waals surface area contributed by atoms with Gasteiger partial charge in [0.25, 0.3) is 5.69 Å². The molecule has 8 heteroatoms. The Morgan fingerprint density at radius 3 is 2.33 bits per heavy atom. The Morgan fingerprint density at radius 1 is 1.33 bits per heavy atom. The van der Waals surface area contributed by atoms with Crippen LogP contribution in [0.1, 0.15) is 5.56 Å². The zero-order valence-corrected chi connectivity index (χ0v) is 10.8. The first-order valence-corrected chi connectivity index (χ1v) is 6.85. The van der Waals surface area contributed by atoms with Crippen molar-refractivity contribution in [3.63, 3.8) is 0 Å². The van der Waals surface area contributed by atoms with Gasteiger partial charge in [-0.25, -0.2) is 12.7 Å². The number of hydrogen-bond acceptors (Lipinski definition) is 5. The molecule has 0 aliphatic carbocycles. The van der Waals surface area contributed by atoms with Crippen molar-refractivity contribution in [1.82, 2.24) is 4.31 Å². The Balaban J connectivity index is 2.81. The molecule has 0 amide bonds. The Morgan fingerprint density at radius 2 is 1.89 bits per heavy atom. The van der Waals surface area contributed by atoms with E-state index in [9.17, 15) is 18.5 Å². The molecule has 100 valence electrons. The highest BCUT2D eigenvalue weighted by atomic mass is 32.2. The molecule has 1 aromatic carbocycles. The molecule has 0 radical (unpaired) electrons. The number of benzene rings is 1. The quantitative estimate of drug-likeness (QED) is 0.593. The molecule has 0 unspecified atom stereocenters. The molecule has 0 spiro atoms. The van der Waals surface area contributed by atoms with Gasteiger partial charge in [-0.3, -0.25) is 10.1 Å². The number of sulfonamides is 1. The maximum absolute atomic E-state index is 11.8. The number of non-ortho nitro benzene ring substituents is 1. The number of nitrogens with zero attached hydrogens (tertiary/aromatic N) is 2. The van der Waals surface area contributed by atoms with E-state index >= 15 is 0 Å². The molecule has 18 heavy (non-hydrogen) atoms. The molecule has 0 aliphatic rings. The lowest BCUT2D eigenvalue weighted by Crippen LogP contribution is -2.32. The Kier molecular flexibility index (Phi) is 4.76. The molecule has 0 heterocycles. The van der Waals surface area contributed by atoms with Crippen LogP contribution in [0.25, 0.3) is 0 Å². The van der Waals surface area contributed by atoms with Crippen molar-refractivity contribution in [2.24, 2.45) is 5.73 Å². The number of hydrogen-bond donors (Lipinski definition) is 1. The number of nitrogens with two attached hydrogens (primary N) is 1. The van der Waals surface area contributed by atoms with E-state index in [-0.39, 0.29) is 24.5 Å². The van der Waals surface area contributed by atoms with Crippen molar-refractivity contribution in [2.75, 3.05) is 20.1 Å². The van der Waals surface area contributed by atoms with Gasteiger partial charge in [0.05, 0.1) is 10.7 Å². The zero-order valence-electron chi connectivity index (χ0n) is 9.94. The summed E-state index contributed by atoms with van der Waals surface area (Å²) in [6.07, 6.45) is 0. The average Bonchev–Trinajstić information content (AvgIpc) is 2.29. The van der Waals surface area contributed by atoms with Crippen molar-refractivity contribution in [3.8, 4) is 0 Å². The zero-order chi connectivity index (χ0) is 13.8. The third-order valence-corrected chi connectivity index (χ3v) is 4.25. The normalized spacial score (nSPS) is 11.7. The number of nitro benzene ring substituents is 1. The number of nitro groups is 1. The van der Waals surface area contributed by atoms with E-state index < -0.39 is 14.9 Å². The highest BCUT2D eigenvalue weighted by Gasteiger charge is 2.18. The highest BCUT2D eigenvalue weighted by Crippen LogP contribution is 2.15. The summed E-state index contributed by atoms with van der Waals surface area (Å²) in [5, 5.41) is 10.5. The van der Waals surface area contributed by atoms with Crippen molar-refractivity contribution in [3.05, 3.63) is 39.9 Å².